The second kappa shape index (κ2) is 7.35. The molecule has 0 fully saturated rings. The number of nitrogens with one attached hydrogen (secondary N) is 2. The lowest BCUT2D eigenvalue weighted by Gasteiger charge is -2.05. The first-order chi connectivity index (χ1) is 11.7. The molecule has 0 radical (unpaired) electrons. The molecule has 0 saturated heterocycles. The second-order valence-corrected chi connectivity index (χ2v) is 6.35. The summed E-state index contributed by atoms with van der Waals surface area (Å²) in [6, 6.07) is 3.91. The maximum absolute atomic E-state index is 12.5. The maximum Gasteiger partial charge on any atom is 0.261 e. The van der Waals surface area contributed by atoms with E-state index in [1.165, 1.54) is 17.7 Å². The highest BCUT2D eigenvalue weighted by Gasteiger charge is 2.18. The van der Waals surface area contributed by atoms with Gasteiger partial charge in [-0.15, -0.1) is 11.3 Å². The smallest absolute Gasteiger partial charge is 0.261 e. The monoisotopic (exact) mass is 341 g/mol. The number of thiophene rings is 1. The second-order valence-electron chi connectivity index (χ2n) is 5.35. The molecule has 24 heavy (non-hydrogen) atoms. The molecule has 0 aromatic carbocycles. The summed E-state index contributed by atoms with van der Waals surface area (Å²) in [5, 5.41) is 7.14. The van der Waals surface area contributed by atoms with Crippen LogP contribution in [0.25, 0.3) is 10.2 Å². The molecule has 3 heterocycles. The summed E-state index contributed by atoms with van der Waals surface area (Å²) in [5.74, 6) is 0.721. The molecule has 0 spiro atoms. The van der Waals surface area contributed by atoms with Crippen molar-refractivity contribution in [3.63, 3.8) is 0 Å². The number of aryl methyl sites for hydroxylation is 1. The molecule has 3 aromatic rings. The number of amides is 1. The zero-order chi connectivity index (χ0) is 16.9. The Morgan fingerprint density at radius 2 is 2.04 bits per heavy atom. The molecule has 0 aliphatic carbocycles. The highest BCUT2D eigenvalue weighted by atomic mass is 32.1. The van der Waals surface area contributed by atoms with Crippen molar-refractivity contribution in [3.05, 3.63) is 46.9 Å². The molecule has 1 amide bonds. The van der Waals surface area contributed by atoms with Gasteiger partial charge in [0.25, 0.3) is 5.91 Å². The summed E-state index contributed by atoms with van der Waals surface area (Å²) in [6.07, 6.45) is 5.82. The Morgan fingerprint density at radius 3 is 2.79 bits per heavy atom. The van der Waals surface area contributed by atoms with Crippen molar-refractivity contribution in [2.45, 2.75) is 20.3 Å². The third-order valence-corrected chi connectivity index (χ3v) is 4.92. The van der Waals surface area contributed by atoms with E-state index in [9.17, 15) is 4.79 Å². The van der Waals surface area contributed by atoms with Crippen LogP contribution in [0.4, 0.5) is 5.82 Å². The van der Waals surface area contributed by atoms with Crippen LogP contribution in [0.3, 0.4) is 0 Å². The molecule has 6 nitrogen and oxygen atoms in total. The Labute approximate surface area is 144 Å². The van der Waals surface area contributed by atoms with Crippen molar-refractivity contribution in [1.29, 1.82) is 0 Å². The topological polar surface area (TPSA) is 79.8 Å². The van der Waals surface area contributed by atoms with Crippen LogP contribution in [0, 0.1) is 6.92 Å². The van der Waals surface area contributed by atoms with Crippen molar-refractivity contribution in [2.75, 3.05) is 18.4 Å². The van der Waals surface area contributed by atoms with E-state index in [1.54, 1.807) is 12.4 Å². The van der Waals surface area contributed by atoms with Gasteiger partial charge in [0.1, 0.15) is 17.0 Å². The number of nitrogens with zero attached hydrogens (tertiary/aromatic N) is 3. The minimum atomic E-state index is -0.0630. The highest BCUT2D eigenvalue weighted by molar-refractivity contribution is 7.20. The number of aromatic nitrogens is 3. The fourth-order valence-corrected chi connectivity index (χ4v) is 3.60. The molecular formula is C17H19N5OS. The predicted molar refractivity (Wildman–Crippen MR) is 96.6 cm³/mol. The van der Waals surface area contributed by atoms with Crippen LogP contribution in [0.15, 0.2) is 30.9 Å². The summed E-state index contributed by atoms with van der Waals surface area (Å²) in [6.45, 7) is 5.32. The molecule has 2 N–H and O–H groups in total. The standard InChI is InChI=1S/C17H19N5OS/c1-3-19-15-13-11(2)14(24-17(13)22-10-21-15)16(23)20-9-6-12-4-7-18-8-5-12/h4-5,7-8,10H,3,6,9H2,1-2H3,(H,20,23)(H,19,21,22). The van der Waals surface area contributed by atoms with Gasteiger partial charge < -0.3 is 10.6 Å². The fraction of sp³-hybridized carbons (Fsp3) is 0.294. The fourth-order valence-electron chi connectivity index (χ4n) is 2.54. The molecule has 3 rings (SSSR count). The van der Waals surface area contributed by atoms with E-state index in [4.69, 9.17) is 0 Å². The van der Waals surface area contributed by atoms with Gasteiger partial charge in [-0.3, -0.25) is 9.78 Å². The lowest BCUT2D eigenvalue weighted by Crippen LogP contribution is -2.25. The summed E-state index contributed by atoms with van der Waals surface area (Å²) in [5.41, 5.74) is 2.08. The van der Waals surface area contributed by atoms with Gasteiger partial charge in [0.05, 0.1) is 10.3 Å². The van der Waals surface area contributed by atoms with Crippen molar-refractivity contribution >= 4 is 33.3 Å². The zero-order valence-corrected chi connectivity index (χ0v) is 14.5. The van der Waals surface area contributed by atoms with Crippen LogP contribution in [0.1, 0.15) is 27.7 Å². The summed E-state index contributed by atoms with van der Waals surface area (Å²) in [4.78, 5) is 26.6. The van der Waals surface area contributed by atoms with Crippen LogP contribution < -0.4 is 10.6 Å². The van der Waals surface area contributed by atoms with Crippen molar-refractivity contribution in [2.24, 2.45) is 0 Å². The zero-order valence-electron chi connectivity index (χ0n) is 13.7. The molecule has 0 unspecified atom stereocenters. The number of hydrogen-bond acceptors (Lipinski definition) is 6. The van der Waals surface area contributed by atoms with E-state index in [-0.39, 0.29) is 5.91 Å². The lowest BCUT2D eigenvalue weighted by molar-refractivity contribution is 0.0957. The first kappa shape index (κ1) is 16.3. The highest BCUT2D eigenvalue weighted by Crippen LogP contribution is 2.33. The van der Waals surface area contributed by atoms with Crippen LogP contribution in [0.5, 0.6) is 0 Å². The average molecular weight is 341 g/mol. The molecule has 0 atom stereocenters. The lowest BCUT2D eigenvalue weighted by atomic mass is 10.2. The van der Waals surface area contributed by atoms with E-state index in [2.05, 4.69) is 25.6 Å². The van der Waals surface area contributed by atoms with Gasteiger partial charge in [0.15, 0.2) is 0 Å². The summed E-state index contributed by atoms with van der Waals surface area (Å²) in [7, 11) is 0. The Bertz CT molecular complexity index is 847. The first-order valence-corrected chi connectivity index (χ1v) is 8.67. The van der Waals surface area contributed by atoms with Gasteiger partial charge in [-0.25, -0.2) is 9.97 Å². The predicted octanol–water partition coefficient (Wildman–Crippen LogP) is 2.80. The number of pyridine rings is 1. The van der Waals surface area contributed by atoms with Crippen LogP contribution >= 0.6 is 11.3 Å². The number of hydrogen-bond donors (Lipinski definition) is 2. The number of carbonyl (C=O) groups excluding carboxylic acids is 1. The van der Waals surface area contributed by atoms with E-state index in [0.29, 0.717) is 11.4 Å². The Balaban J connectivity index is 1.75. The van der Waals surface area contributed by atoms with Gasteiger partial charge >= 0.3 is 0 Å². The molecule has 0 saturated carbocycles. The summed E-state index contributed by atoms with van der Waals surface area (Å²) >= 11 is 1.41. The quantitative estimate of drug-likeness (QED) is 0.721. The third-order valence-electron chi connectivity index (χ3n) is 3.73. The minimum absolute atomic E-state index is 0.0630. The van der Waals surface area contributed by atoms with E-state index in [0.717, 1.165) is 40.1 Å². The Hall–Kier alpha value is -2.54. The van der Waals surface area contributed by atoms with Crippen LogP contribution in [-0.2, 0) is 6.42 Å². The van der Waals surface area contributed by atoms with Gasteiger partial charge in [0.2, 0.25) is 0 Å². The largest absolute Gasteiger partial charge is 0.370 e. The number of carbonyl (C=O) groups is 1. The number of rotatable bonds is 6. The summed E-state index contributed by atoms with van der Waals surface area (Å²) < 4.78 is 0. The van der Waals surface area contributed by atoms with Crippen LogP contribution in [-0.4, -0.2) is 33.9 Å². The van der Waals surface area contributed by atoms with E-state index < -0.39 is 0 Å². The van der Waals surface area contributed by atoms with Gasteiger partial charge in [-0.1, -0.05) is 0 Å². The van der Waals surface area contributed by atoms with Crippen molar-refractivity contribution < 1.29 is 4.79 Å². The molecule has 7 heteroatoms. The minimum Gasteiger partial charge on any atom is -0.370 e. The normalized spacial score (nSPS) is 10.8. The molecule has 124 valence electrons. The Morgan fingerprint density at radius 1 is 1.25 bits per heavy atom. The van der Waals surface area contributed by atoms with Crippen molar-refractivity contribution in [3.8, 4) is 0 Å². The molecule has 3 aromatic heterocycles. The van der Waals surface area contributed by atoms with Crippen molar-refractivity contribution in [1.82, 2.24) is 20.3 Å². The van der Waals surface area contributed by atoms with Crippen LogP contribution in [0.2, 0.25) is 0 Å². The molecule has 0 aliphatic heterocycles. The van der Waals surface area contributed by atoms with E-state index in [1.807, 2.05) is 26.0 Å². The Kier molecular flexibility index (Phi) is 5.00. The number of fused-ring (bicyclic) bond motifs is 1. The van der Waals surface area contributed by atoms with Gasteiger partial charge in [-0.2, -0.15) is 0 Å². The first-order valence-electron chi connectivity index (χ1n) is 7.85. The van der Waals surface area contributed by atoms with Gasteiger partial charge in [0, 0.05) is 25.5 Å². The molecular weight excluding hydrogens is 322 g/mol. The van der Waals surface area contributed by atoms with Gasteiger partial charge in [-0.05, 0) is 43.5 Å². The van der Waals surface area contributed by atoms with E-state index >= 15 is 0 Å². The third kappa shape index (κ3) is 3.35. The number of anilines is 1. The SMILES string of the molecule is CCNc1ncnc2sc(C(=O)NCCc3ccncc3)c(C)c12. The average Bonchev–Trinajstić information content (AvgIpc) is 2.94. The molecule has 0 aliphatic rings. The molecule has 0 bridgehead atoms. The maximum atomic E-state index is 12.5.